The molecule has 0 N–H and O–H groups in total. The van der Waals surface area contributed by atoms with Crippen molar-refractivity contribution >= 4 is 29.3 Å². The second-order valence-corrected chi connectivity index (χ2v) is 10.7. The first kappa shape index (κ1) is 29.8. The van der Waals surface area contributed by atoms with E-state index in [4.69, 9.17) is 0 Å². The third-order valence-corrected chi connectivity index (χ3v) is 8.14. The molecule has 2 aliphatic rings. The average Bonchev–Trinajstić information content (AvgIpc) is 3.36. The highest BCUT2D eigenvalue weighted by atomic mass is 19.4. The number of imide groups is 2. The summed E-state index contributed by atoms with van der Waals surface area (Å²) in [6.45, 7) is 0. The zero-order valence-corrected chi connectivity index (χ0v) is 23.2. The van der Waals surface area contributed by atoms with Gasteiger partial charge in [0.15, 0.2) is 0 Å². The summed E-state index contributed by atoms with van der Waals surface area (Å²) < 4.78 is 89.2. The van der Waals surface area contributed by atoms with Crippen molar-refractivity contribution in [1.29, 1.82) is 0 Å². The lowest BCUT2D eigenvalue weighted by molar-refractivity contribution is -0.288. The summed E-state index contributed by atoms with van der Waals surface area (Å²) in [6.07, 6.45) is -11.5. The Kier molecular flexibility index (Phi) is 6.72. The zero-order chi connectivity index (χ0) is 32.5. The molecule has 0 saturated carbocycles. The molecule has 12 heteroatoms. The lowest BCUT2D eigenvalue weighted by Gasteiger charge is -2.38. The molecule has 4 amide bonds. The van der Waals surface area contributed by atoms with Gasteiger partial charge in [-0.1, -0.05) is 54.6 Å². The molecule has 0 unspecified atom stereocenters. The maximum atomic E-state index is 14.9. The van der Waals surface area contributed by atoms with E-state index in [0.717, 1.165) is 30.3 Å². The molecule has 4 aromatic rings. The smallest absolute Gasteiger partial charge is 0.277 e. The predicted molar refractivity (Wildman–Crippen MR) is 149 cm³/mol. The Hall–Kier alpha value is -5.26. The fourth-order valence-electron chi connectivity index (χ4n) is 5.88. The number of hydrogen-bond donors (Lipinski definition) is 0. The molecule has 6 rings (SSSR count). The molecule has 2 aliphatic heterocycles. The number of halogens is 6. The van der Waals surface area contributed by atoms with E-state index in [1.807, 2.05) is 30.3 Å². The molecular weight excluding hydrogens is 602 g/mol. The topological polar surface area (TPSA) is 74.8 Å². The van der Waals surface area contributed by atoms with Gasteiger partial charge in [0, 0.05) is 7.05 Å². The number of fused-ring (bicyclic) bond motifs is 2. The summed E-state index contributed by atoms with van der Waals surface area (Å²) in [5.41, 5.74) is -7.52. The highest BCUT2D eigenvalue weighted by molar-refractivity contribution is 6.34. The first-order valence-electron chi connectivity index (χ1n) is 13.4. The number of carbonyl (C=O) groups excluding carboxylic acids is 4. The van der Waals surface area contributed by atoms with Gasteiger partial charge in [-0.15, -0.1) is 0 Å². The van der Waals surface area contributed by atoms with Gasteiger partial charge >= 0.3 is 12.4 Å². The Labute approximate surface area is 251 Å². The van der Waals surface area contributed by atoms with Crippen molar-refractivity contribution < 1.29 is 45.5 Å². The van der Waals surface area contributed by atoms with Gasteiger partial charge in [0.25, 0.3) is 23.6 Å². The summed E-state index contributed by atoms with van der Waals surface area (Å²) in [7, 11) is 1.05. The van der Waals surface area contributed by atoms with E-state index in [0.29, 0.717) is 40.5 Å². The van der Waals surface area contributed by atoms with Crippen LogP contribution in [0.15, 0.2) is 91.0 Å². The van der Waals surface area contributed by atoms with Crippen molar-refractivity contribution in [2.75, 3.05) is 11.9 Å². The number of carbonyl (C=O) groups is 4. The fourth-order valence-corrected chi connectivity index (χ4v) is 5.88. The number of hydrogen-bond acceptors (Lipinski definition) is 4. The molecule has 2 heterocycles. The summed E-state index contributed by atoms with van der Waals surface area (Å²) in [5.74, 6) is -3.94. The van der Waals surface area contributed by atoms with Crippen LogP contribution in [0.4, 0.5) is 32.0 Å². The molecule has 228 valence electrons. The molecule has 0 fully saturated rings. The average molecular weight is 623 g/mol. The molecule has 0 aromatic heterocycles. The minimum atomic E-state index is -6.04. The predicted octanol–water partition coefficient (Wildman–Crippen LogP) is 6.71. The van der Waals surface area contributed by atoms with Gasteiger partial charge < -0.3 is 0 Å². The third kappa shape index (κ3) is 4.42. The van der Waals surface area contributed by atoms with Crippen LogP contribution in [0.5, 0.6) is 0 Å². The SMILES string of the molecule is CN1C(=O)c2ccc(C(c3ccc4c(c3)C(=O)N(c3ccc(Cc5ccccc5)cc3)C4=O)(C(F)(F)F)C(F)(F)F)cc2C1=O. The van der Waals surface area contributed by atoms with Crippen LogP contribution in [-0.2, 0) is 11.8 Å². The Morgan fingerprint density at radius 2 is 0.978 bits per heavy atom. The van der Waals surface area contributed by atoms with E-state index >= 15 is 0 Å². The van der Waals surface area contributed by atoms with Gasteiger partial charge in [0.05, 0.1) is 27.9 Å². The van der Waals surface area contributed by atoms with Gasteiger partial charge in [-0.05, 0) is 65.1 Å². The maximum Gasteiger partial charge on any atom is 0.411 e. The molecule has 0 aliphatic carbocycles. The lowest BCUT2D eigenvalue weighted by atomic mass is 9.71. The molecule has 6 nitrogen and oxygen atoms in total. The molecule has 0 spiro atoms. The summed E-state index contributed by atoms with van der Waals surface area (Å²) in [4.78, 5) is 52.7. The first-order chi connectivity index (χ1) is 21.2. The third-order valence-electron chi connectivity index (χ3n) is 8.14. The van der Waals surface area contributed by atoms with Crippen LogP contribution < -0.4 is 4.90 Å². The van der Waals surface area contributed by atoms with Crippen molar-refractivity contribution in [2.45, 2.75) is 24.2 Å². The van der Waals surface area contributed by atoms with Crippen molar-refractivity contribution in [1.82, 2.24) is 4.90 Å². The highest BCUT2D eigenvalue weighted by Gasteiger charge is 2.73. The van der Waals surface area contributed by atoms with Crippen LogP contribution in [0.1, 0.15) is 63.7 Å². The van der Waals surface area contributed by atoms with Gasteiger partial charge in [0.1, 0.15) is 0 Å². The monoisotopic (exact) mass is 622 g/mol. The number of benzene rings is 4. The lowest BCUT2D eigenvalue weighted by Crippen LogP contribution is -2.55. The van der Waals surface area contributed by atoms with E-state index in [1.165, 1.54) is 12.1 Å². The quantitative estimate of drug-likeness (QED) is 0.183. The standard InChI is InChI=1S/C33H20F6N2O4/c1-40-27(42)23-13-9-20(16-25(23)28(40)43)31(32(34,35)36,33(37,38)39)21-10-14-24-26(17-21)30(45)41(29(24)44)22-11-7-19(8-12-22)15-18-5-3-2-4-6-18/h2-14,16-17H,15H2,1H3. The van der Waals surface area contributed by atoms with Crippen molar-refractivity contribution in [2.24, 2.45) is 0 Å². The second kappa shape index (κ2) is 10.1. The van der Waals surface area contributed by atoms with Crippen molar-refractivity contribution in [3.8, 4) is 0 Å². The second-order valence-electron chi connectivity index (χ2n) is 10.7. The van der Waals surface area contributed by atoms with E-state index in [2.05, 4.69) is 0 Å². The molecule has 0 bridgehead atoms. The van der Waals surface area contributed by atoms with Gasteiger partial charge in [-0.2, -0.15) is 26.3 Å². The number of rotatable bonds is 5. The Balaban J connectivity index is 1.43. The van der Waals surface area contributed by atoms with Gasteiger partial charge in [-0.3, -0.25) is 24.1 Å². The Morgan fingerprint density at radius 1 is 0.533 bits per heavy atom. The summed E-state index contributed by atoms with van der Waals surface area (Å²) in [6, 6.07) is 19.0. The van der Waals surface area contributed by atoms with Crippen LogP contribution in [0.2, 0.25) is 0 Å². The first-order valence-corrected chi connectivity index (χ1v) is 13.4. The van der Waals surface area contributed by atoms with Crippen LogP contribution in [0.25, 0.3) is 0 Å². The van der Waals surface area contributed by atoms with Crippen molar-refractivity contribution in [3.63, 3.8) is 0 Å². The molecule has 45 heavy (non-hydrogen) atoms. The normalized spacial score (nSPS) is 15.2. The van der Waals surface area contributed by atoms with Crippen LogP contribution in [0, 0.1) is 0 Å². The highest BCUT2D eigenvalue weighted by Crippen LogP contribution is 2.57. The van der Waals surface area contributed by atoms with Crippen LogP contribution in [-0.4, -0.2) is 47.9 Å². The number of nitrogens with zero attached hydrogens (tertiary/aromatic N) is 2. The van der Waals surface area contributed by atoms with E-state index in [1.54, 1.807) is 12.1 Å². The van der Waals surface area contributed by atoms with Gasteiger partial charge in [0.2, 0.25) is 5.41 Å². The molecular formula is C33H20F6N2O4. The van der Waals surface area contributed by atoms with Crippen LogP contribution >= 0.6 is 0 Å². The largest absolute Gasteiger partial charge is 0.411 e. The molecule has 4 aromatic carbocycles. The minimum absolute atomic E-state index is 0.0865. The Morgan fingerprint density at radius 3 is 1.51 bits per heavy atom. The maximum absolute atomic E-state index is 14.9. The minimum Gasteiger partial charge on any atom is -0.277 e. The Bertz CT molecular complexity index is 1890. The van der Waals surface area contributed by atoms with Crippen molar-refractivity contribution in [3.05, 3.63) is 136 Å². The number of amides is 4. The van der Waals surface area contributed by atoms with Crippen LogP contribution in [0.3, 0.4) is 0 Å². The summed E-state index contributed by atoms with van der Waals surface area (Å²) >= 11 is 0. The summed E-state index contributed by atoms with van der Waals surface area (Å²) in [5, 5.41) is 0. The van der Waals surface area contributed by atoms with Gasteiger partial charge in [-0.25, -0.2) is 4.90 Å². The number of anilines is 1. The van der Waals surface area contributed by atoms with E-state index < -0.39 is 63.7 Å². The van der Waals surface area contributed by atoms with E-state index in [9.17, 15) is 45.5 Å². The molecule has 0 radical (unpaired) electrons. The zero-order valence-electron chi connectivity index (χ0n) is 23.2. The van der Waals surface area contributed by atoms with E-state index in [-0.39, 0.29) is 16.8 Å². The molecule has 0 saturated heterocycles. The molecule has 0 atom stereocenters. The number of alkyl halides is 6. The fraction of sp³-hybridized carbons (Fsp3) is 0.152.